The van der Waals surface area contributed by atoms with Crippen LogP contribution in [0.25, 0.3) is 0 Å². The quantitative estimate of drug-likeness (QED) is 0.720. The lowest BCUT2D eigenvalue weighted by atomic mass is 9.93. The third kappa shape index (κ3) is 3.90. The Morgan fingerprint density at radius 1 is 1.07 bits per heavy atom. The highest BCUT2D eigenvalue weighted by molar-refractivity contribution is 5.48. The van der Waals surface area contributed by atoms with E-state index < -0.39 is 0 Å². The van der Waals surface area contributed by atoms with Gasteiger partial charge in [0.2, 0.25) is 6.79 Å². The summed E-state index contributed by atoms with van der Waals surface area (Å²) in [5, 5.41) is 3.75. The first-order valence-electron chi connectivity index (χ1n) is 10.4. The molecule has 0 bridgehead atoms. The normalized spacial score (nSPS) is 24.2. The zero-order valence-corrected chi connectivity index (χ0v) is 16.4. The van der Waals surface area contributed by atoms with Gasteiger partial charge in [0.25, 0.3) is 0 Å². The Morgan fingerprint density at radius 2 is 1.90 bits per heavy atom. The molecule has 2 fully saturated rings. The minimum absolute atomic E-state index is 0.131. The molecule has 0 aromatic heterocycles. The number of hydrazine groups is 1. The Bertz CT molecular complexity index is 856. The van der Waals surface area contributed by atoms with Gasteiger partial charge in [-0.05, 0) is 42.7 Å². The molecule has 0 amide bonds. The number of anilines is 1. The van der Waals surface area contributed by atoms with Gasteiger partial charge in [-0.2, -0.15) is 0 Å². The van der Waals surface area contributed by atoms with E-state index >= 15 is 0 Å². The third-order valence-corrected chi connectivity index (χ3v) is 6.21. The number of nitrogens with zero attached hydrogens (tertiary/aromatic N) is 1. The number of hydrogen-bond donors (Lipinski definition) is 3. The number of nitrogens with one attached hydrogen (secondary N) is 3. The average molecular weight is 398 g/mol. The molecule has 2 unspecified atom stereocenters. The number of para-hydroxylation sites is 1. The van der Waals surface area contributed by atoms with E-state index in [1.54, 1.807) is 6.07 Å². The molecule has 2 aromatic carbocycles. The van der Waals surface area contributed by atoms with Crippen molar-refractivity contribution < 1.29 is 13.9 Å². The summed E-state index contributed by atoms with van der Waals surface area (Å²) < 4.78 is 25.0. The van der Waals surface area contributed by atoms with Crippen molar-refractivity contribution in [1.29, 1.82) is 0 Å². The first-order chi connectivity index (χ1) is 14.3. The van der Waals surface area contributed by atoms with E-state index in [4.69, 9.17) is 9.47 Å². The highest BCUT2D eigenvalue weighted by atomic mass is 19.1. The van der Waals surface area contributed by atoms with Gasteiger partial charge in [-0.25, -0.2) is 9.82 Å². The van der Waals surface area contributed by atoms with Crippen molar-refractivity contribution in [1.82, 2.24) is 16.2 Å². The fourth-order valence-corrected chi connectivity index (χ4v) is 4.54. The van der Waals surface area contributed by atoms with Gasteiger partial charge in [-0.3, -0.25) is 5.43 Å². The predicted octanol–water partition coefficient (Wildman–Crippen LogP) is 2.58. The first kappa shape index (κ1) is 18.7. The summed E-state index contributed by atoms with van der Waals surface area (Å²) in [6.45, 7) is 3.91. The number of benzene rings is 2. The van der Waals surface area contributed by atoms with Gasteiger partial charge in [0.05, 0.1) is 11.7 Å². The van der Waals surface area contributed by atoms with Crippen LogP contribution in [0.1, 0.15) is 24.4 Å². The molecule has 154 valence electrons. The Balaban J connectivity index is 1.15. The molecule has 3 aliphatic heterocycles. The number of rotatable bonds is 5. The number of fused-ring (bicyclic) bond motifs is 1. The molecule has 2 atom stereocenters. The fourth-order valence-electron chi connectivity index (χ4n) is 4.54. The van der Waals surface area contributed by atoms with Crippen molar-refractivity contribution in [2.24, 2.45) is 5.92 Å². The van der Waals surface area contributed by atoms with Crippen LogP contribution in [0.4, 0.5) is 10.1 Å². The molecule has 3 N–H and O–H groups in total. The molecule has 0 spiro atoms. The van der Waals surface area contributed by atoms with Gasteiger partial charge in [0.15, 0.2) is 11.5 Å². The van der Waals surface area contributed by atoms with Crippen molar-refractivity contribution in [2.45, 2.75) is 24.9 Å². The summed E-state index contributed by atoms with van der Waals surface area (Å²) in [5.41, 5.74) is 8.63. The summed E-state index contributed by atoms with van der Waals surface area (Å²) >= 11 is 0. The largest absolute Gasteiger partial charge is 0.454 e. The van der Waals surface area contributed by atoms with Gasteiger partial charge < -0.3 is 19.7 Å². The molecule has 0 saturated carbocycles. The molecule has 29 heavy (non-hydrogen) atoms. The zero-order valence-electron chi connectivity index (χ0n) is 16.4. The maximum atomic E-state index is 14.0. The Hall–Kier alpha value is -2.35. The summed E-state index contributed by atoms with van der Waals surface area (Å²) in [7, 11) is 0. The molecule has 2 saturated heterocycles. The summed E-state index contributed by atoms with van der Waals surface area (Å²) in [5.74, 6) is 1.95. The van der Waals surface area contributed by atoms with Gasteiger partial charge >= 0.3 is 0 Å². The Labute approximate surface area is 170 Å². The summed E-state index contributed by atoms with van der Waals surface area (Å²) in [6, 6.07) is 13.9. The molecular weight excluding hydrogens is 371 g/mol. The number of ether oxygens (including phenoxy) is 2. The van der Waals surface area contributed by atoms with Crippen LogP contribution in [0.2, 0.25) is 0 Å². The van der Waals surface area contributed by atoms with Crippen LogP contribution in [0.15, 0.2) is 42.5 Å². The molecule has 0 aliphatic carbocycles. The van der Waals surface area contributed by atoms with Gasteiger partial charge in [0.1, 0.15) is 5.82 Å². The first-order valence-corrected chi connectivity index (χ1v) is 10.4. The number of piperidine rings is 1. The maximum absolute atomic E-state index is 14.0. The van der Waals surface area contributed by atoms with Crippen LogP contribution in [0.3, 0.4) is 0 Å². The second kappa shape index (κ2) is 8.18. The molecular formula is C22H27FN4O2. The van der Waals surface area contributed by atoms with E-state index in [-0.39, 0.29) is 11.9 Å². The molecule has 5 rings (SSSR count). The molecule has 3 heterocycles. The molecule has 7 heteroatoms. The maximum Gasteiger partial charge on any atom is 0.231 e. The van der Waals surface area contributed by atoms with Gasteiger partial charge in [-0.1, -0.05) is 18.2 Å². The van der Waals surface area contributed by atoms with Crippen LogP contribution in [-0.4, -0.2) is 39.0 Å². The minimum atomic E-state index is -0.131. The van der Waals surface area contributed by atoms with Crippen molar-refractivity contribution in [3.05, 3.63) is 53.8 Å². The van der Waals surface area contributed by atoms with E-state index in [2.05, 4.69) is 33.2 Å². The highest BCUT2D eigenvalue weighted by Gasteiger charge is 2.30. The topological polar surface area (TPSA) is 57.8 Å². The lowest BCUT2D eigenvalue weighted by Gasteiger charge is -2.35. The smallest absolute Gasteiger partial charge is 0.231 e. The number of hydrogen-bond acceptors (Lipinski definition) is 6. The van der Waals surface area contributed by atoms with Crippen molar-refractivity contribution in [2.75, 3.05) is 37.9 Å². The Morgan fingerprint density at radius 3 is 2.76 bits per heavy atom. The Kier molecular flexibility index (Phi) is 5.26. The minimum Gasteiger partial charge on any atom is -0.454 e. The monoisotopic (exact) mass is 398 g/mol. The van der Waals surface area contributed by atoms with Crippen LogP contribution in [0, 0.1) is 11.7 Å². The summed E-state index contributed by atoms with van der Waals surface area (Å²) in [6.07, 6.45) is 2.05. The van der Waals surface area contributed by atoms with E-state index in [1.807, 2.05) is 18.2 Å². The molecule has 6 nitrogen and oxygen atoms in total. The second-order valence-corrected chi connectivity index (χ2v) is 8.00. The van der Waals surface area contributed by atoms with E-state index in [1.165, 1.54) is 11.6 Å². The lowest BCUT2D eigenvalue weighted by molar-refractivity contribution is 0.174. The molecule has 3 aliphatic rings. The zero-order chi connectivity index (χ0) is 19.6. The highest BCUT2D eigenvalue weighted by Crippen LogP contribution is 2.36. The molecule has 0 radical (unpaired) electrons. The van der Waals surface area contributed by atoms with Crippen LogP contribution in [0.5, 0.6) is 11.5 Å². The summed E-state index contributed by atoms with van der Waals surface area (Å²) in [4.78, 5) is 2.15. The average Bonchev–Trinajstić information content (AvgIpc) is 3.42. The van der Waals surface area contributed by atoms with Crippen molar-refractivity contribution >= 4 is 5.69 Å². The van der Waals surface area contributed by atoms with Gasteiger partial charge in [0, 0.05) is 38.1 Å². The van der Waals surface area contributed by atoms with Crippen LogP contribution >= 0.6 is 0 Å². The van der Waals surface area contributed by atoms with Crippen molar-refractivity contribution in [3.63, 3.8) is 0 Å². The molecule has 2 aromatic rings. The standard InChI is InChI=1S/C22H27FN4O2/c23-18-3-1-2-4-19(18)27-9-7-17(8-10-27)24-12-16-13-25-26-22(16)15-5-6-20-21(11-15)29-14-28-20/h1-6,11,16-17,22,24-26H,7-10,12-14H2. The van der Waals surface area contributed by atoms with E-state index in [0.29, 0.717) is 18.8 Å². The van der Waals surface area contributed by atoms with Crippen molar-refractivity contribution in [3.8, 4) is 11.5 Å². The third-order valence-electron chi connectivity index (χ3n) is 6.21. The van der Waals surface area contributed by atoms with Crippen LogP contribution in [-0.2, 0) is 0 Å². The number of halogens is 1. The lowest BCUT2D eigenvalue weighted by Crippen LogP contribution is -2.44. The fraction of sp³-hybridized carbons (Fsp3) is 0.455. The SMILES string of the molecule is Fc1ccccc1N1CCC(NCC2CNNC2c2ccc3c(c2)OCO3)CC1. The van der Waals surface area contributed by atoms with E-state index in [9.17, 15) is 4.39 Å². The second-order valence-electron chi connectivity index (χ2n) is 8.00. The van der Waals surface area contributed by atoms with E-state index in [0.717, 1.165) is 56.2 Å². The predicted molar refractivity (Wildman–Crippen MR) is 110 cm³/mol. The van der Waals surface area contributed by atoms with Crippen LogP contribution < -0.4 is 30.5 Å². The van der Waals surface area contributed by atoms with Gasteiger partial charge in [-0.15, -0.1) is 0 Å².